The molecule has 0 atom stereocenters. The van der Waals surface area contributed by atoms with Gasteiger partial charge >= 0.3 is 6.03 Å². The predicted octanol–water partition coefficient (Wildman–Crippen LogP) is 6.25. The van der Waals surface area contributed by atoms with Gasteiger partial charge in [0.15, 0.2) is 0 Å². The van der Waals surface area contributed by atoms with Crippen molar-refractivity contribution < 1.29 is 9.59 Å². The van der Waals surface area contributed by atoms with Gasteiger partial charge in [-0.05, 0) is 48.1 Å². The van der Waals surface area contributed by atoms with Crippen LogP contribution in [-0.2, 0) is 24.2 Å². The first-order chi connectivity index (χ1) is 18.1. The van der Waals surface area contributed by atoms with Crippen molar-refractivity contribution in [3.05, 3.63) is 102 Å². The summed E-state index contributed by atoms with van der Waals surface area (Å²) in [4.78, 5) is 33.7. The lowest BCUT2D eigenvalue weighted by Crippen LogP contribution is -2.45. The van der Waals surface area contributed by atoms with Crippen LogP contribution in [0.5, 0.6) is 0 Å². The highest BCUT2D eigenvalue weighted by atomic mass is 16.2. The quantitative estimate of drug-likeness (QED) is 0.258. The van der Waals surface area contributed by atoms with Crippen molar-refractivity contribution in [2.24, 2.45) is 0 Å². The maximum atomic E-state index is 13.6. The summed E-state index contributed by atoms with van der Waals surface area (Å²) in [6.07, 6.45) is 4.34. The van der Waals surface area contributed by atoms with E-state index in [9.17, 15) is 9.59 Å². The van der Waals surface area contributed by atoms with Gasteiger partial charge in [0.05, 0.1) is 0 Å². The molecule has 0 radical (unpaired) electrons. The maximum absolute atomic E-state index is 13.6. The molecule has 0 aliphatic heterocycles. The molecule has 3 amide bonds. The number of carbonyl (C=O) groups is 2. The number of benzene rings is 3. The van der Waals surface area contributed by atoms with Gasteiger partial charge in [0, 0.05) is 42.4 Å². The smallest absolute Gasteiger partial charge is 0.322 e. The van der Waals surface area contributed by atoms with E-state index >= 15 is 0 Å². The number of hydrogen-bond donors (Lipinski definition) is 2. The van der Waals surface area contributed by atoms with Crippen LogP contribution in [0.1, 0.15) is 37.0 Å². The Hall–Kier alpha value is -4.06. The van der Waals surface area contributed by atoms with Gasteiger partial charge in [0.1, 0.15) is 6.54 Å². The molecule has 37 heavy (non-hydrogen) atoms. The number of hydrogen-bond acceptors (Lipinski definition) is 2. The Balaban J connectivity index is 1.49. The molecule has 3 aromatic carbocycles. The number of rotatable bonds is 11. The minimum absolute atomic E-state index is 0.0364. The van der Waals surface area contributed by atoms with Crippen LogP contribution in [0.4, 0.5) is 10.5 Å². The van der Waals surface area contributed by atoms with Crippen molar-refractivity contribution in [3.63, 3.8) is 0 Å². The van der Waals surface area contributed by atoms with Gasteiger partial charge in [0.2, 0.25) is 5.91 Å². The van der Waals surface area contributed by atoms with E-state index in [0.717, 1.165) is 41.6 Å². The normalized spacial score (nSPS) is 10.9. The molecule has 6 heteroatoms. The third kappa shape index (κ3) is 6.79. The number of aromatic nitrogens is 1. The van der Waals surface area contributed by atoms with Gasteiger partial charge < -0.3 is 20.1 Å². The number of para-hydroxylation sites is 2. The Kier molecular flexibility index (Phi) is 8.98. The monoisotopic (exact) mass is 496 g/mol. The van der Waals surface area contributed by atoms with Gasteiger partial charge in [-0.3, -0.25) is 4.79 Å². The number of H-pyrrole nitrogens is 1. The van der Waals surface area contributed by atoms with E-state index in [-0.39, 0.29) is 18.5 Å². The molecule has 0 saturated heterocycles. The number of amides is 3. The largest absolute Gasteiger partial charge is 0.361 e. The minimum Gasteiger partial charge on any atom is -0.361 e. The average Bonchev–Trinajstić information content (AvgIpc) is 3.34. The molecule has 6 nitrogen and oxygen atoms in total. The highest BCUT2D eigenvalue weighted by molar-refractivity contribution is 5.93. The van der Waals surface area contributed by atoms with Gasteiger partial charge in [-0.15, -0.1) is 0 Å². The fourth-order valence-corrected chi connectivity index (χ4v) is 4.62. The molecule has 0 aliphatic carbocycles. The Bertz CT molecular complexity index is 1320. The summed E-state index contributed by atoms with van der Waals surface area (Å²) in [5.41, 5.74) is 5.21. The molecule has 192 valence electrons. The summed E-state index contributed by atoms with van der Waals surface area (Å²) in [6.45, 7) is 5.69. The second-order valence-electron chi connectivity index (χ2n) is 9.27. The molecule has 4 rings (SSSR count). The van der Waals surface area contributed by atoms with E-state index in [2.05, 4.69) is 29.4 Å². The van der Waals surface area contributed by atoms with Gasteiger partial charge in [-0.2, -0.15) is 0 Å². The van der Waals surface area contributed by atoms with Crippen molar-refractivity contribution in [1.82, 2.24) is 14.8 Å². The number of urea groups is 1. The second kappa shape index (κ2) is 12.8. The van der Waals surface area contributed by atoms with Gasteiger partial charge in [0.25, 0.3) is 0 Å². The summed E-state index contributed by atoms with van der Waals surface area (Å²) in [7, 11) is 0. The number of aromatic amines is 1. The van der Waals surface area contributed by atoms with Crippen LogP contribution in [0.15, 0.2) is 85.1 Å². The summed E-state index contributed by atoms with van der Waals surface area (Å²) in [5.74, 6) is -0.0592. The highest BCUT2D eigenvalue weighted by Gasteiger charge is 2.22. The standard InChI is InChI=1S/C31H36N4O2/c1-3-19-35(31(37)33-28-16-10-8-14-25(28)4-2)23-30(36)34(22-24-12-6-5-7-13-24)20-18-26-21-32-29-17-11-9-15-27(26)29/h5-17,21,32H,3-4,18-20,22-23H2,1-2H3,(H,33,37). The van der Waals surface area contributed by atoms with Crippen molar-refractivity contribution in [1.29, 1.82) is 0 Å². The highest BCUT2D eigenvalue weighted by Crippen LogP contribution is 2.19. The molecule has 0 fully saturated rings. The maximum Gasteiger partial charge on any atom is 0.322 e. The molecule has 1 aromatic heterocycles. The van der Waals surface area contributed by atoms with Crippen molar-refractivity contribution in [3.8, 4) is 0 Å². The van der Waals surface area contributed by atoms with Crippen LogP contribution in [-0.4, -0.2) is 46.4 Å². The molecule has 0 aliphatic rings. The SMILES string of the molecule is CCCN(CC(=O)N(CCc1c[nH]c2ccccc12)Cc1ccccc1)C(=O)Nc1ccccc1CC. The summed E-state index contributed by atoms with van der Waals surface area (Å²) in [5, 5.41) is 4.20. The summed E-state index contributed by atoms with van der Waals surface area (Å²) >= 11 is 0. The van der Waals surface area contributed by atoms with Crippen LogP contribution in [0.25, 0.3) is 10.9 Å². The third-order valence-corrected chi connectivity index (χ3v) is 6.64. The number of fused-ring (bicyclic) bond motifs is 1. The van der Waals surface area contributed by atoms with Gasteiger partial charge in [-0.25, -0.2) is 4.79 Å². The zero-order chi connectivity index (χ0) is 26.0. The summed E-state index contributed by atoms with van der Waals surface area (Å²) < 4.78 is 0. The predicted molar refractivity (Wildman–Crippen MR) is 151 cm³/mol. The van der Waals surface area contributed by atoms with Crippen LogP contribution in [0, 0.1) is 0 Å². The Labute approximate surface area is 219 Å². The first-order valence-corrected chi connectivity index (χ1v) is 13.1. The minimum atomic E-state index is -0.243. The zero-order valence-corrected chi connectivity index (χ0v) is 21.7. The van der Waals surface area contributed by atoms with E-state index in [0.29, 0.717) is 19.6 Å². The van der Waals surface area contributed by atoms with E-state index in [1.54, 1.807) is 4.90 Å². The lowest BCUT2D eigenvalue weighted by molar-refractivity contribution is -0.132. The second-order valence-corrected chi connectivity index (χ2v) is 9.27. The molecular formula is C31H36N4O2. The van der Waals surface area contributed by atoms with Crippen molar-refractivity contribution in [2.75, 3.05) is 25.0 Å². The van der Waals surface area contributed by atoms with Crippen LogP contribution in [0.3, 0.4) is 0 Å². The number of nitrogens with zero attached hydrogens (tertiary/aromatic N) is 2. The van der Waals surface area contributed by atoms with Crippen molar-refractivity contribution >= 4 is 28.5 Å². The fourth-order valence-electron chi connectivity index (χ4n) is 4.62. The van der Waals surface area contributed by atoms with Crippen LogP contribution >= 0.6 is 0 Å². The number of carbonyl (C=O) groups excluding carboxylic acids is 2. The molecule has 0 bridgehead atoms. The van der Waals surface area contributed by atoms with Crippen LogP contribution < -0.4 is 5.32 Å². The Morgan fingerprint density at radius 3 is 2.32 bits per heavy atom. The number of nitrogens with one attached hydrogen (secondary N) is 2. The molecule has 4 aromatic rings. The topological polar surface area (TPSA) is 68.4 Å². The first-order valence-electron chi connectivity index (χ1n) is 13.1. The number of aryl methyl sites for hydroxylation is 1. The van der Waals surface area contributed by atoms with E-state index in [1.807, 2.05) is 84.8 Å². The Morgan fingerprint density at radius 2 is 1.54 bits per heavy atom. The third-order valence-electron chi connectivity index (χ3n) is 6.64. The molecule has 2 N–H and O–H groups in total. The molecule has 0 saturated carbocycles. The molecular weight excluding hydrogens is 460 g/mol. The first kappa shape index (κ1) is 26.0. The van der Waals surface area contributed by atoms with E-state index in [4.69, 9.17) is 0 Å². The number of anilines is 1. The van der Waals surface area contributed by atoms with E-state index < -0.39 is 0 Å². The van der Waals surface area contributed by atoms with E-state index in [1.165, 1.54) is 10.9 Å². The Morgan fingerprint density at radius 1 is 0.811 bits per heavy atom. The zero-order valence-electron chi connectivity index (χ0n) is 21.7. The van der Waals surface area contributed by atoms with Crippen molar-refractivity contribution in [2.45, 2.75) is 39.7 Å². The van der Waals surface area contributed by atoms with Gasteiger partial charge in [-0.1, -0.05) is 80.6 Å². The summed E-state index contributed by atoms with van der Waals surface area (Å²) in [6, 6.07) is 25.8. The molecule has 0 unspecified atom stereocenters. The lowest BCUT2D eigenvalue weighted by Gasteiger charge is -2.28. The average molecular weight is 497 g/mol. The fraction of sp³-hybridized carbons (Fsp3) is 0.290. The molecule has 0 spiro atoms. The van der Waals surface area contributed by atoms with Crippen LogP contribution in [0.2, 0.25) is 0 Å². The lowest BCUT2D eigenvalue weighted by atomic mass is 10.1. The molecule has 1 heterocycles.